The van der Waals surface area contributed by atoms with Crippen molar-refractivity contribution in [1.29, 1.82) is 0 Å². The fourth-order valence-corrected chi connectivity index (χ4v) is 4.33. The Morgan fingerprint density at radius 2 is 1.96 bits per heavy atom. The van der Waals surface area contributed by atoms with Gasteiger partial charge in [-0.25, -0.2) is 9.97 Å². The molecule has 4 nitrogen and oxygen atoms in total. The molecular weight excluding hydrogens is 362 g/mol. The van der Waals surface area contributed by atoms with Crippen molar-refractivity contribution < 1.29 is 4.79 Å². The van der Waals surface area contributed by atoms with Crippen molar-refractivity contribution in [3.63, 3.8) is 0 Å². The number of nitrogens with one attached hydrogen (secondary N) is 1. The van der Waals surface area contributed by atoms with Gasteiger partial charge < -0.3 is 5.32 Å². The molecule has 26 heavy (non-hydrogen) atoms. The number of carbonyl (C=O) groups is 1. The van der Waals surface area contributed by atoms with Crippen LogP contribution in [0.25, 0.3) is 21.3 Å². The van der Waals surface area contributed by atoms with Gasteiger partial charge in [-0.2, -0.15) is 0 Å². The smallest absolute Gasteiger partial charge is 0.230 e. The molecule has 6 heteroatoms. The van der Waals surface area contributed by atoms with E-state index in [2.05, 4.69) is 58.8 Å². The minimum atomic E-state index is -0.186. The van der Waals surface area contributed by atoms with Crippen molar-refractivity contribution in [1.82, 2.24) is 15.3 Å². The zero-order valence-electron chi connectivity index (χ0n) is 15.5. The van der Waals surface area contributed by atoms with Crippen LogP contribution in [0.3, 0.4) is 0 Å². The van der Waals surface area contributed by atoms with Crippen LogP contribution in [0, 0.1) is 6.92 Å². The maximum Gasteiger partial charge on any atom is 0.230 e. The molecule has 1 N–H and O–H groups in total. The summed E-state index contributed by atoms with van der Waals surface area (Å²) >= 11 is 3.08. The van der Waals surface area contributed by atoms with Crippen LogP contribution in [0.2, 0.25) is 0 Å². The number of fused-ring (bicyclic) bond motifs is 1. The number of aromatic nitrogens is 2. The molecule has 3 rings (SSSR count). The van der Waals surface area contributed by atoms with Gasteiger partial charge in [0.05, 0.1) is 11.1 Å². The highest BCUT2D eigenvalue weighted by atomic mass is 32.2. The second-order valence-corrected chi connectivity index (χ2v) is 8.77. The second-order valence-electron chi connectivity index (χ2n) is 6.95. The van der Waals surface area contributed by atoms with Crippen molar-refractivity contribution in [3.05, 3.63) is 41.5 Å². The molecule has 0 saturated carbocycles. The number of nitrogens with zero attached hydrogens (tertiary/aromatic N) is 2. The van der Waals surface area contributed by atoms with Crippen LogP contribution < -0.4 is 5.32 Å². The van der Waals surface area contributed by atoms with E-state index >= 15 is 0 Å². The molecule has 0 saturated heterocycles. The normalized spacial score (nSPS) is 11.7. The zero-order chi connectivity index (χ0) is 18.7. The number of thioether (sulfide) groups is 1. The van der Waals surface area contributed by atoms with E-state index in [-0.39, 0.29) is 11.4 Å². The van der Waals surface area contributed by atoms with Crippen molar-refractivity contribution >= 4 is 39.2 Å². The van der Waals surface area contributed by atoms with Crippen LogP contribution in [0.4, 0.5) is 0 Å². The maximum atomic E-state index is 12.3. The highest BCUT2D eigenvalue weighted by molar-refractivity contribution is 8.00. The van der Waals surface area contributed by atoms with Gasteiger partial charge in [-0.1, -0.05) is 48.5 Å². The zero-order valence-corrected chi connectivity index (χ0v) is 17.1. The van der Waals surface area contributed by atoms with Crippen molar-refractivity contribution in [2.45, 2.75) is 44.7 Å². The van der Waals surface area contributed by atoms with Crippen LogP contribution in [-0.2, 0) is 4.79 Å². The summed E-state index contributed by atoms with van der Waals surface area (Å²) in [5.74, 6) is 0.374. The Morgan fingerprint density at radius 3 is 2.65 bits per heavy atom. The van der Waals surface area contributed by atoms with E-state index in [1.54, 1.807) is 17.7 Å². The first-order valence-corrected chi connectivity index (χ1v) is 10.5. The van der Waals surface area contributed by atoms with E-state index in [0.717, 1.165) is 32.8 Å². The molecule has 0 atom stereocenters. The third-order valence-electron chi connectivity index (χ3n) is 4.40. The first-order chi connectivity index (χ1) is 12.4. The van der Waals surface area contributed by atoms with Crippen molar-refractivity contribution in [2.24, 2.45) is 0 Å². The molecule has 0 radical (unpaired) electrons. The lowest BCUT2D eigenvalue weighted by molar-refractivity contribution is -0.120. The molecule has 0 bridgehead atoms. The number of rotatable bonds is 6. The molecule has 0 aliphatic carbocycles. The molecular formula is C20H23N3OS2. The van der Waals surface area contributed by atoms with Gasteiger partial charge in [0.15, 0.2) is 0 Å². The van der Waals surface area contributed by atoms with Gasteiger partial charge in [-0.3, -0.25) is 4.79 Å². The Kier molecular flexibility index (Phi) is 5.63. The van der Waals surface area contributed by atoms with Gasteiger partial charge in [0.25, 0.3) is 0 Å². The van der Waals surface area contributed by atoms with E-state index in [0.29, 0.717) is 5.75 Å². The fraction of sp³-hybridized carbons (Fsp3) is 0.350. The number of thiophene rings is 1. The van der Waals surface area contributed by atoms with E-state index in [4.69, 9.17) is 0 Å². The quantitative estimate of drug-likeness (QED) is 0.476. The average molecular weight is 386 g/mol. The molecule has 0 fully saturated rings. The summed E-state index contributed by atoms with van der Waals surface area (Å²) < 4.78 is 0. The maximum absolute atomic E-state index is 12.3. The Bertz CT molecular complexity index is 916. The summed E-state index contributed by atoms with van der Waals surface area (Å²) in [6, 6.07) is 8.45. The van der Waals surface area contributed by atoms with Gasteiger partial charge in [0.2, 0.25) is 5.91 Å². The minimum Gasteiger partial charge on any atom is -0.351 e. The Hall–Kier alpha value is -1.92. The Balaban J connectivity index is 1.86. The predicted octanol–water partition coefficient (Wildman–Crippen LogP) is 5.06. The fourth-order valence-electron chi connectivity index (χ4n) is 2.54. The number of amides is 1. The first-order valence-electron chi connectivity index (χ1n) is 8.62. The van der Waals surface area contributed by atoms with Crippen LogP contribution in [0.1, 0.15) is 32.8 Å². The number of hydrogen-bond acceptors (Lipinski definition) is 5. The summed E-state index contributed by atoms with van der Waals surface area (Å²) in [5, 5.41) is 7.08. The van der Waals surface area contributed by atoms with Crippen LogP contribution in [0.5, 0.6) is 0 Å². The number of hydrogen-bond donors (Lipinski definition) is 1. The van der Waals surface area contributed by atoms with E-state index < -0.39 is 0 Å². The molecule has 2 aromatic heterocycles. The van der Waals surface area contributed by atoms with Gasteiger partial charge in [0.1, 0.15) is 16.2 Å². The summed E-state index contributed by atoms with van der Waals surface area (Å²) in [7, 11) is 0. The SMILES string of the molecule is CCC(C)(C)NC(=O)CSc1ncnc2scc(-c3ccc(C)cc3)c12. The van der Waals surface area contributed by atoms with Gasteiger partial charge in [0, 0.05) is 16.5 Å². The van der Waals surface area contributed by atoms with E-state index in [9.17, 15) is 4.79 Å². The van der Waals surface area contributed by atoms with Crippen LogP contribution >= 0.6 is 23.1 Å². The number of carbonyl (C=O) groups excluding carboxylic acids is 1. The third kappa shape index (κ3) is 4.24. The van der Waals surface area contributed by atoms with E-state index in [1.165, 1.54) is 17.3 Å². The van der Waals surface area contributed by atoms with E-state index in [1.807, 2.05) is 13.8 Å². The summed E-state index contributed by atoms with van der Waals surface area (Å²) in [5.41, 5.74) is 3.32. The third-order valence-corrected chi connectivity index (χ3v) is 6.28. The minimum absolute atomic E-state index is 0.0285. The molecule has 0 unspecified atom stereocenters. The van der Waals surface area contributed by atoms with Gasteiger partial charge in [-0.05, 0) is 32.8 Å². The Morgan fingerprint density at radius 1 is 1.23 bits per heavy atom. The highest BCUT2D eigenvalue weighted by Crippen LogP contribution is 2.37. The highest BCUT2D eigenvalue weighted by Gasteiger charge is 2.19. The molecule has 1 amide bonds. The monoisotopic (exact) mass is 385 g/mol. The second kappa shape index (κ2) is 7.76. The molecule has 0 aliphatic rings. The lowest BCUT2D eigenvalue weighted by atomic mass is 10.0. The van der Waals surface area contributed by atoms with Crippen molar-refractivity contribution in [2.75, 3.05) is 5.75 Å². The summed E-state index contributed by atoms with van der Waals surface area (Å²) in [4.78, 5) is 22.1. The first kappa shape index (κ1) is 18.9. The van der Waals surface area contributed by atoms with Gasteiger partial charge >= 0.3 is 0 Å². The largest absolute Gasteiger partial charge is 0.351 e. The molecule has 136 valence electrons. The lowest BCUT2D eigenvalue weighted by Crippen LogP contribution is -2.43. The number of benzene rings is 1. The van der Waals surface area contributed by atoms with Crippen LogP contribution in [-0.4, -0.2) is 27.2 Å². The van der Waals surface area contributed by atoms with Crippen LogP contribution in [0.15, 0.2) is 41.0 Å². The summed E-state index contributed by atoms with van der Waals surface area (Å²) in [6.45, 7) is 8.22. The van der Waals surface area contributed by atoms with Gasteiger partial charge in [-0.15, -0.1) is 11.3 Å². The molecule has 0 spiro atoms. The summed E-state index contributed by atoms with van der Waals surface area (Å²) in [6.07, 6.45) is 2.47. The molecule has 3 aromatic rings. The molecule has 0 aliphatic heterocycles. The predicted molar refractivity (Wildman–Crippen MR) is 111 cm³/mol. The Labute approximate surface area is 162 Å². The van der Waals surface area contributed by atoms with Crippen molar-refractivity contribution in [3.8, 4) is 11.1 Å². The standard InChI is InChI=1S/C20H23N3OS2/c1-5-20(3,4)23-16(24)11-26-19-17-15(10-25-18(17)21-12-22-19)14-8-6-13(2)7-9-14/h6-10,12H,5,11H2,1-4H3,(H,23,24). The lowest BCUT2D eigenvalue weighted by Gasteiger charge is -2.24. The molecule has 2 heterocycles. The topological polar surface area (TPSA) is 54.9 Å². The number of aryl methyl sites for hydroxylation is 1. The average Bonchev–Trinajstić information content (AvgIpc) is 3.05. The molecule has 1 aromatic carbocycles.